The number of nitrogens with one attached hydrogen (secondary N) is 1. The van der Waals surface area contributed by atoms with Gasteiger partial charge in [-0.2, -0.15) is 4.31 Å². The van der Waals surface area contributed by atoms with E-state index >= 15 is 0 Å². The van der Waals surface area contributed by atoms with Crippen molar-refractivity contribution in [3.8, 4) is 11.8 Å². The molecule has 2 aliphatic heterocycles. The number of sulfonamides is 1. The molecule has 0 aliphatic carbocycles. The number of hydrogen-bond acceptors (Lipinski definition) is 5. The molecule has 2 N–H and O–H groups in total. The third-order valence-corrected chi connectivity index (χ3v) is 8.31. The van der Waals surface area contributed by atoms with Crippen molar-refractivity contribution in [2.45, 2.75) is 30.3 Å². The molecular weight excluding hydrogens is 434 g/mol. The second-order valence-electron chi connectivity index (χ2n) is 8.56. The molecule has 0 spiro atoms. The number of pyridine rings is 1. The molecule has 2 aliphatic rings. The van der Waals surface area contributed by atoms with Crippen molar-refractivity contribution in [3.05, 3.63) is 89.2 Å². The monoisotopic (exact) mass is 459 g/mol. The van der Waals surface area contributed by atoms with Crippen molar-refractivity contribution >= 4 is 15.7 Å². The van der Waals surface area contributed by atoms with E-state index in [1.54, 1.807) is 34.9 Å². The van der Waals surface area contributed by atoms with E-state index in [0.29, 0.717) is 17.9 Å². The third kappa shape index (κ3) is 4.02. The summed E-state index contributed by atoms with van der Waals surface area (Å²) in [4.78, 5) is 4.39. The smallest absolute Gasteiger partial charge is 0.243 e. The Morgan fingerprint density at radius 1 is 1.12 bits per heavy atom. The number of nitrogens with zero attached hydrogens (tertiary/aromatic N) is 2. The molecule has 7 heteroatoms. The van der Waals surface area contributed by atoms with Gasteiger partial charge in [0.25, 0.3) is 0 Å². The van der Waals surface area contributed by atoms with Gasteiger partial charge in [-0.3, -0.25) is 4.98 Å². The van der Waals surface area contributed by atoms with Crippen LogP contribution in [0.5, 0.6) is 0 Å². The number of benzene rings is 2. The summed E-state index contributed by atoms with van der Waals surface area (Å²) in [5, 5.41) is 13.4. The van der Waals surface area contributed by atoms with E-state index in [1.165, 1.54) is 0 Å². The Morgan fingerprint density at radius 3 is 2.73 bits per heavy atom. The predicted molar refractivity (Wildman–Crippen MR) is 127 cm³/mol. The predicted octanol–water partition coefficient (Wildman–Crippen LogP) is 3.33. The van der Waals surface area contributed by atoms with Crippen LogP contribution in [0.4, 0.5) is 5.69 Å². The molecule has 0 radical (unpaired) electrons. The van der Waals surface area contributed by atoms with Gasteiger partial charge in [0.05, 0.1) is 23.6 Å². The average Bonchev–Trinajstić information content (AvgIpc) is 3.29. The molecular formula is C26H25N3O3S. The fraction of sp³-hybridized carbons (Fsp3) is 0.269. The first-order valence-corrected chi connectivity index (χ1v) is 12.4. The molecule has 0 unspecified atom stereocenters. The molecule has 3 heterocycles. The summed E-state index contributed by atoms with van der Waals surface area (Å²) in [6, 6.07) is 16.0. The van der Waals surface area contributed by atoms with Crippen molar-refractivity contribution in [3.63, 3.8) is 0 Å². The van der Waals surface area contributed by atoms with Gasteiger partial charge in [-0.1, -0.05) is 24.0 Å². The van der Waals surface area contributed by atoms with Gasteiger partial charge in [0.1, 0.15) is 0 Å². The molecule has 2 aromatic carbocycles. The van der Waals surface area contributed by atoms with Gasteiger partial charge in [-0.15, -0.1) is 0 Å². The first-order valence-electron chi connectivity index (χ1n) is 11.0. The molecule has 168 valence electrons. The molecule has 0 bridgehead atoms. The molecule has 3 atom stereocenters. The lowest BCUT2D eigenvalue weighted by Gasteiger charge is -2.38. The summed E-state index contributed by atoms with van der Waals surface area (Å²) in [5.74, 6) is 6.27. The lowest BCUT2D eigenvalue weighted by Crippen LogP contribution is -2.42. The zero-order valence-corrected chi connectivity index (χ0v) is 19.1. The van der Waals surface area contributed by atoms with E-state index in [0.717, 1.165) is 27.9 Å². The van der Waals surface area contributed by atoms with Gasteiger partial charge < -0.3 is 10.4 Å². The van der Waals surface area contributed by atoms with Crippen LogP contribution in [0.3, 0.4) is 0 Å². The topological polar surface area (TPSA) is 82.5 Å². The summed E-state index contributed by atoms with van der Waals surface area (Å²) >= 11 is 0. The van der Waals surface area contributed by atoms with Crippen LogP contribution in [0, 0.1) is 24.7 Å². The maximum atomic E-state index is 13.7. The highest BCUT2D eigenvalue weighted by molar-refractivity contribution is 7.89. The van der Waals surface area contributed by atoms with Crippen LogP contribution in [0.2, 0.25) is 0 Å². The minimum absolute atomic E-state index is 0.0244. The van der Waals surface area contributed by atoms with Crippen LogP contribution in [0.25, 0.3) is 0 Å². The second kappa shape index (κ2) is 8.64. The van der Waals surface area contributed by atoms with E-state index in [2.05, 4.69) is 22.1 Å². The normalized spacial score (nSPS) is 21.9. The Labute approximate surface area is 194 Å². The van der Waals surface area contributed by atoms with Crippen LogP contribution >= 0.6 is 0 Å². The van der Waals surface area contributed by atoms with Crippen molar-refractivity contribution in [1.82, 2.24) is 9.29 Å². The van der Waals surface area contributed by atoms with Gasteiger partial charge in [0.2, 0.25) is 10.0 Å². The van der Waals surface area contributed by atoms with Crippen LogP contribution < -0.4 is 5.32 Å². The Bertz CT molecular complexity index is 1350. The second-order valence-corrected chi connectivity index (χ2v) is 10.4. The fourth-order valence-electron chi connectivity index (χ4n) is 4.86. The number of aliphatic hydroxyl groups excluding tert-OH is 1. The molecule has 3 aromatic rings. The van der Waals surface area contributed by atoms with Gasteiger partial charge in [0, 0.05) is 41.7 Å². The van der Waals surface area contributed by atoms with Crippen molar-refractivity contribution in [1.29, 1.82) is 0 Å². The molecule has 0 saturated carbocycles. The zero-order chi connectivity index (χ0) is 23.0. The molecule has 1 saturated heterocycles. The minimum Gasteiger partial charge on any atom is -0.394 e. The number of anilines is 1. The SMILES string of the molecule is Cc1cccc(S(=O)(=O)N2CC[C@H]3[C@H](CO)Nc4ccc(C#Cc5cccnc5)cc4[C@H]32)c1. The van der Waals surface area contributed by atoms with E-state index in [9.17, 15) is 13.5 Å². The van der Waals surface area contributed by atoms with Crippen LogP contribution in [0.15, 0.2) is 71.9 Å². The Kier molecular flexibility index (Phi) is 5.67. The van der Waals surface area contributed by atoms with Crippen molar-refractivity contribution in [2.75, 3.05) is 18.5 Å². The molecule has 6 nitrogen and oxygen atoms in total. The first kappa shape index (κ1) is 21.7. The lowest BCUT2D eigenvalue weighted by molar-refractivity contribution is 0.210. The lowest BCUT2D eigenvalue weighted by atomic mass is 9.83. The van der Waals surface area contributed by atoms with Crippen molar-refractivity contribution in [2.24, 2.45) is 5.92 Å². The highest BCUT2D eigenvalue weighted by Gasteiger charge is 2.48. The van der Waals surface area contributed by atoms with E-state index in [4.69, 9.17) is 0 Å². The molecule has 1 aromatic heterocycles. The number of fused-ring (bicyclic) bond motifs is 3. The summed E-state index contributed by atoms with van der Waals surface area (Å²) in [5.41, 5.74) is 4.26. The van der Waals surface area contributed by atoms with Gasteiger partial charge >= 0.3 is 0 Å². The van der Waals surface area contributed by atoms with Gasteiger partial charge in [-0.05, 0) is 66.9 Å². The van der Waals surface area contributed by atoms with E-state index in [-0.39, 0.29) is 24.6 Å². The maximum absolute atomic E-state index is 13.7. The Morgan fingerprint density at radius 2 is 1.97 bits per heavy atom. The van der Waals surface area contributed by atoms with Crippen molar-refractivity contribution < 1.29 is 13.5 Å². The fourth-order valence-corrected chi connectivity index (χ4v) is 6.63. The highest BCUT2D eigenvalue weighted by Crippen LogP contribution is 2.48. The standard InChI is InChI=1S/C26H25N3O3S/c1-18-4-2-6-21(14-18)33(31,32)29-13-11-22-25(17-30)28-24-10-9-19(15-23(24)26(22)29)7-8-20-5-3-12-27-16-20/h2-6,9-10,12,14-16,22,25-26,28,30H,11,13,17H2,1H3/t22-,25-,26-/m0/s1. The van der Waals surface area contributed by atoms with Gasteiger partial charge in [0.15, 0.2) is 0 Å². The molecule has 33 heavy (non-hydrogen) atoms. The molecule has 0 amide bonds. The number of aliphatic hydroxyl groups is 1. The number of hydrogen-bond donors (Lipinski definition) is 2. The summed E-state index contributed by atoms with van der Waals surface area (Å²) in [6.45, 7) is 2.25. The molecule has 1 fully saturated rings. The minimum atomic E-state index is -3.69. The Balaban J connectivity index is 1.57. The quantitative estimate of drug-likeness (QED) is 0.587. The summed E-state index contributed by atoms with van der Waals surface area (Å²) < 4.78 is 28.9. The molecule has 5 rings (SSSR count). The third-order valence-electron chi connectivity index (χ3n) is 6.43. The summed E-state index contributed by atoms with van der Waals surface area (Å²) in [6.07, 6.45) is 4.09. The summed E-state index contributed by atoms with van der Waals surface area (Å²) in [7, 11) is -3.69. The van der Waals surface area contributed by atoms with Crippen LogP contribution in [0.1, 0.15) is 34.7 Å². The number of aryl methyl sites for hydroxylation is 1. The average molecular weight is 460 g/mol. The van der Waals surface area contributed by atoms with E-state index in [1.807, 2.05) is 43.3 Å². The van der Waals surface area contributed by atoms with E-state index < -0.39 is 10.0 Å². The van der Waals surface area contributed by atoms with Gasteiger partial charge in [-0.25, -0.2) is 8.42 Å². The van der Waals surface area contributed by atoms with Crippen LogP contribution in [-0.4, -0.2) is 42.0 Å². The highest BCUT2D eigenvalue weighted by atomic mass is 32.2. The largest absolute Gasteiger partial charge is 0.394 e. The first-order chi connectivity index (χ1) is 16.0. The van der Waals surface area contributed by atoms with Crippen LogP contribution in [-0.2, 0) is 10.0 Å². The maximum Gasteiger partial charge on any atom is 0.243 e. The Hall–Kier alpha value is -3.18. The zero-order valence-electron chi connectivity index (χ0n) is 18.3. The number of aromatic nitrogens is 1. The number of rotatable bonds is 3.